The van der Waals surface area contributed by atoms with Crippen LogP contribution in [-0.4, -0.2) is 0 Å². The number of fused-ring (bicyclic) bond motifs is 3. The Kier molecular flexibility index (Phi) is 4.03. The van der Waals surface area contributed by atoms with E-state index in [9.17, 15) is 5.26 Å². The van der Waals surface area contributed by atoms with E-state index in [2.05, 4.69) is 85.4 Å². The molecule has 0 unspecified atom stereocenters. The van der Waals surface area contributed by atoms with Gasteiger partial charge in [-0.1, -0.05) is 54.6 Å². The minimum Gasteiger partial charge on any atom is -0.201 e. The molecule has 2 heteroatoms. The van der Waals surface area contributed by atoms with Gasteiger partial charge in [-0.2, -0.15) is 5.26 Å². The van der Waals surface area contributed by atoms with E-state index in [1.165, 1.54) is 44.6 Å². The quantitative estimate of drug-likeness (QED) is 0.370. The van der Waals surface area contributed by atoms with Crippen molar-refractivity contribution >= 4 is 0 Å². The van der Waals surface area contributed by atoms with Crippen molar-refractivity contribution in [1.29, 1.82) is 5.26 Å². The highest BCUT2D eigenvalue weighted by atomic mass is 14.9. The number of rotatable bonds is 2. The first kappa shape index (κ1) is 17.4. The summed E-state index contributed by atoms with van der Waals surface area (Å²) in [4.78, 5) is 0. The molecular formula is C27H21N2+. The Hall–Kier alpha value is -3.70. The van der Waals surface area contributed by atoms with E-state index < -0.39 is 0 Å². The molecule has 2 nitrogen and oxygen atoms in total. The largest absolute Gasteiger partial charge is 0.213 e. The number of hydrogen-bond acceptors (Lipinski definition) is 1. The highest BCUT2D eigenvalue weighted by Gasteiger charge is 2.28. The van der Waals surface area contributed by atoms with Gasteiger partial charge < -0.3 is 0 Å². The van der Waals surface area contributed by atoms with Gasteiger partial charge in [-0.05, 0) is 52.8 Å². The maximum absolute atomic E-state index is 9.62. The second-order valence-electron chi connectivity index (χ2n) is 7.69. The topological polar surface area (TPSA) is 27.7 Å². The lowest BCUT2D eigenvalue weighted by atomic mass is 9.92. The third-order valence-corrected chi connectivity index (χ3v) is 5.94. The van der Waals surface area contributed by atoms with Gasteiger partial charge in [-0.25, -0.2) is 4.57 Å². The number of nitrogens with zero attached hydrogens (tertiary/aromatic N) is 2. The van der Waals surface area contributed by atoms with Crippen LogP contribution in [0.25, 0.3) is 33.5 Å². The smallest absolute Gasteiger partial charge is 0.201 e. The van der Waals surface area contributed by atoms with Crippen molar-refractivity contribution in [1.82, 2.24) is 0 Å². The number of nitriles is 1. The standard InChI is InChI=1S/C27H21N2/c1-18-11-12-23-24(15-21-9-6-10-22(17-28)27(21)23)26(18)25-16-20(13-14-29(25)2)19-7-4-3-5-8-19/h3-14,16H,15H2,1-2H3/q+1. The molecule has 1 aliphatic carbocycles. The van der Waals surface area contributed by atoms with E-state index in [-0.39, 0.29) is 0 Å². The summed E-state index contributed by atoms with van der Waals surface area (Å²) in [7, 11) is 2.10. The van der Waals surface area contributed by atoms with Crippen LogP contribution in [0.4, 0.5) is 0 Å². The molecule has 1 aliphatic rings. The molecular weight excluding hydrogens is 352 g/mol. The number of aromatic nitrogens is 1. The molecule has 1 heterocycles. The van der Waals surface area contributed by atoms with E-state index in [0.29, 0.717) is 0 Å². The Morgan fingerprint density at radius 1 is 0.862 bits per heavy atom. The van der Waals surface area contributed by atoms with E-state index in [0.717, 1.165) is 17.5 Å². The minimum atomic E-state index is 0.762. The zero-order valence-corrected chi connectivity index (χ0v) is 16.6. The van der Waals surface area contributed by atoms with E-state index in [4.69, 9.17) is 0 Å². The molecule has 0 bridgehead atoms. The molecule has 0 aliphatic heterocycles. The fourth-order valence-electron chi connectivity index (χ4n) is 4.52. The average Bonchev–Trinajstić information content (AvgIpc) is 3.14. The van der Waals surface area contributed by atoms with Crippen LogP contribution in [0.5, 0.6) is 0 Å². The Labute approximate surface area is 171 Å². The van der Waals surface area contributed by atoms with Crippen molar-refractivity contribution in [3.8, 4) is 39.6 Å². The first-order valence-electron chi connectivity index (χ1n) is 9.87. The van der Waals surface area contributed by atoms with E-state index >= 15 is 0 Å². The molecule has 0 saturated carbocycles. The summed E-state index contributed by atoms with van der Waals surface area (Å²) in [5.74, 6) is 0. The molecule has 0 atom stereocenters. The molecule has 0 saturated heterocycles. The van der Waals surface area contributed by atoms with Crippen LogP contribution in [0, 0.1) is 18.3 Å². The van der Waals surface area contributed by atoms with Crippen LogP contribution in [-0.2, 0) is 13.5 Å². The van der Waals surface area contributed by atoms with Crippen LogP contribution in [0.1, 0.15) is 22.3 Å². The molecule has 1 aromatic heterocycles. The fraction of sp³-hybridized carbons (Fsp3) is 0.111. The SMILES string of the molecule is Cc1ccc2c(c1-c1cc(-c3ccccc3)cc[n+]1C)Cc1cccc(C#N)c1-2. The van der Waals surface area contributed by atoms with Crippen LogP contribution in [0.2, 0.25) is 0 Å². The summed E-state index contributed by atoms with van der Waals surface area (Å²) < 4.78 is 2.20. The molecule has 0 spiro atoms. The Bertz CT molecular complexity index is 1290. The summed E-state index contributed by atoms with van der Waals surface area (Å²) in [5.41, 5.74) is 11.8. The summed E-state index contributed by atoms with van der Waals surface area (Å²) in [5, 5.41) is 9.62. The molecule has 3 aromatic carbocycles. The highest BCUT2D eigenvalue weighted by molar-refractivity contribution is 5.88. The van der Waals surface area contributed by atoms with Gasteiger partial charge in [0.05, 0.1) is 17.2 Å². The van der Waals surface area contributed by atoms with Crippen molar-refractivity contribution in [3.63, 3.8) is 0 Å². The second-order valence-corrected chi connectivity index (χ2v) is 7.69. The maximum Gasteiger partial charge on any atom is 0.213 e. The summed E-state index contributed by atoms with van der Waals surface area (Å²) in [6.45, 7) is 2.18. The van der Waals surface area contributed by atoms with Crippen LogP contribution >= 0.6 is 0 Å². The first-order valence-corrected chi connectivity index (χ1v) is 9.87. The first-order chi connectivity index (χ1) is 14.2. The van der Waals surface area contributed by atoms with Gasteiger partial charge in [0.15, 0.2) is 6.20 Å². The van der Waals surface area contributed by atoms with Crippen molar-refractivity contribution in [2.75, 3.05) is 0 Å². The molecule has 0 fully saturated rings. The number of hydrogen-bond donors (Lipinski definition) is 0. The lowest BCUT2D eigenvalue weighted by Gasteiger charge is -2.12. The number of pyridine rings is 1. The van der Waals surface area contributed by atoms with Gasteiger partial charge in [-0.3, -0.25) is 0 Å². The predicted molar refractivity (Wildman–Crippen MR) is 116 cm³/mol. The highest BCUT2D eigenvalue weighted by Crippen LogP contribution is 2.44. The maximum atomic E-state index is 9.62. The third-order valence-electron chi connectivity index (χ3n) is 5.94. The Morgan fingerprint density at radius 2 is 1.69 bits per heavy atom. The lowest BCUT2D eigenvalue weighted by molar-refractivity contribution is -0.660. The van der Waals surface area contributed by atoms with Gasteiger partial charge >= 0.3 is 0 Å². The Balaban J connectivity index is 1.75. The van der Waals surface area contributed by atoms with Crippen molar-refractivity contribution in [2.45, 2.75) is 13.3 Å². The molecule has 0 radical (unpaired) electrons. The van der Waals surface area contributed by atoms with Gasteiger partial charge in [0.2, 0.25) is 5.69 Å². The lowest BCUT2D eigenvalue weighted by Crippen LogP contribution is -2.31. The van der Waals surface area contributed by atoms with Gasteiger partial charge in [0, 0.05) is 17.7 Å². The van der Waals surface area contributed by atoms with Crippen molar-refractivity contribution in [2.24, 2.45) is 7.05 Å². The summed E-state index contributed by atoms with van der Waals surface area (Å²) in [6, 6.07) is 27.8. The third kappa shape index (κ3) is 2.75. The normalized spacial score (nSPS) is 11.6. The molecule has 29 heavy (non-hydrogen) atoms. The van der Waals surface area contributed by atoms with E-state index in [1.807, 2.05) is 18.2 Å². The van der Waals surface area contributed by atoms with Crippen LogP contribution < -0.4 is 4.57 Å². The summed E-state index contributed by atoms with van der Waals surface area (Å²) in [6.07, 6.45) is 3.01. The molecule has 138 valence electrons. The molecule has 0 N–H and O–H groups in total. The van der Waals surface area contributed by atoms with Gasteiger partial charge in [0.1, 0.15) is 7.05 Å². The van der Waals surface area contributed by atoms with Crippen molar-refractivity contribution in [3.05, 3.63) is 101 Å². The fourth-order valence-corrected chi connectivity index (χ4v) is 4.52. The second kappa shape index (κ2) is 6.72. The molecule has 5 rings (SSSR count). The molecule has 0 amide bonds. The van der Waals surface area contributed by atoms with Gasteiger partial charge in [0.25, 0.3) is 0 Å². The van der Waals surface area contributed by atoms with Gasteiger partial charge in [-0.15, -0.1) is 0 Å². The number of benzene rings is 3. The van der Waals surface area contributed by atoms with E-state index in [1.54, 1.807) is 0 Å². The summed E-state index contributed by atoms with van der Waals surface area (Å²) >= 11 is 0. The number of aryl methyl sites for hydroxylation is 2. The minimum absolute atomic E-state index is 0.762. The zero-order chi connectivity index (χ0) is 20.0. The monoisotopic (exact) mass is 373 g/mol. The van der Waals surface area contributed by atoms with Crippen LogP contribution in [0.3, 0.4) is 0 Å². The molecule has 4 aromatic rings. The van der Waals surface area contributed by atoms with Crippen molar-refractivity contribution < 1.29 is 4.57 Å². The Morgan fingerprint density at radius 3 is 2.48 bits per heavy atom. The predicted octanol–water partition coefficient (Wildman–Crippen LogP) is 5.60. The zero-order valence-electron chi connectivity index (χ0n) is 16.6. The average molecular weight is 373 g/mol. The van der Waals surface area contributed by atoms with Crippen LogP contribution in [0.15, 0.2) is 79.0 Å².